The van der Waals surface area contributed by atoms with Gasteiger partial charge < -0.3 is 9.84 Å². The average molecular weight is 180 g/mol. The molecule has 1 saturated heterocycles. The Labute approximate surface area is 70.5 Å². The molecule has 1 unspecified atom stereocenters. The third-order valence-electron chi connectivity index (χ3n) is 2.37. The molecule has 0 bridgehead atoms. The van der Waals surface area contributed by atoms with Crippen LogP contribution < -0.4 is 0 Å². The quantitative estimate of drug-likeness (QED) is 0.661. The maximum atomic E-state index is 13.1. The summed E-state index contributed by atoms with van der Waals surface area (Å²) in [6, 6.07) is 0. The van der Waals surface area contributed by atoms with E-state index >= 15 is 0 Å². The standard InChI is InChI=1S/C8H14F2O2/c1-3-6-7(11)8(9,10)5(2)4-12-6/h5-7,11H,3-4H2,1-2H3/t5-,6-,7?/m1/s1. The highest BCUT2D eigenvalue weighted by atomic mass is 19.3. The lowest BCUT2D eigenvalue weighted by molar-refractivity contribution is -0.239. The van der Waals surface area contributed by atoms with E-state index in [-0.39, 0.29) is 6.61 Å². The van der Waals surface area contributed by atoms with Crippen LogP contribution in [0.15, 0.2) is 0 Å². The van der Waals surface area contributed by atoms with Crippen molar-refractivity contribution in [2.75, 3.05) is 6.61 Å². The molecule has 0 aliphatic carbocycles. The molecule has 0 aromatic heterocycles. The van der Waals surface area contributed by atoms with E-state index in [1.165, 1.54) is 6.92 Å². The van der Waals surface area contributed by atoms with Crippen LogP contribution in [0.25, 0.3) is 0 Å². The van der Waals surface area contributed by atoms with Crippen molar-refractivity contribution in [3.8, 4) is 0 Å². The Balaban J connectivity index is 2.71. The van der Waals surface area contributed by atoms with E-state index in [1.807, 2.05) is 0 Å². The van der Waals surface area contributed by atoms with E-state index in [9.17, 15) is 13.9 Å². The van der Waals surface area contributed by atoms with E-state index in [2.05, 4.69) is 0 Å². The average Bonchev–Trinajstić information content (AvgIpc) is 2.02. The molecule has 1 N–H and O–H groups in total. The van der Waals surface area contributed by atoms with E-state index in [1.54, 1.807) is 6.92 Å². The summed E-state index contributed by atoms with van der Waals surface area (Å²) in [6.07, 6.45) is -1.94. The summed E-state index contributed by atoms with van der Waals surface area (Å²) in [7, 11) is 0. The van der Waals surface area contributed by atoms with Gasteiger partial charge in [-0.1, -0.05) is 13.8 Å². The van der Waals surface area contributed by atoms with Gasteiger partial charge in [0, 0.05) is 5.92 Å². The largest absolute Gasteiger partial charge is 0.384 e. The van der Waals surface area contributed by atoms with Gasteiger partial charge in [-0.25, -0.2) is 8.78 Å². The molecule has 0 spiro atoms. The fourth-order valence-electron chi connectivity index (χ4n) is 1.35. The fraction of sp³-hybridized carbons (Fsp3) is 1.00. The van der Waals surface area contributed by atoms with Crippen LogP contribution in [0, 0.1) is 5.92 Å². The van der Waals surface area contributed by atoms with Gasteiger partial charge in [0.25, 0.3) is 5.92 Å². The zero-order valence-electron chi connectivity index (χ0n) is 7.26. The predicted molar refractivity (Wildman–Crippen MR) is 40.1 cm³/mol. The lowest BCUT2D eigenvalue weighted by Crippen LogP contribution is -2.53. The Morgan fingerprint density at radius 1 is 1.58 bits per heavy atom. The van der Waals surface area contributed by atoms with Gasteiger partial charge in [-0.3, -0.25) is 0 Å². The molecule has 1 fully saturated rings. The molecule has 1 aliphatic heterocycles. The number of halogens is 2. The van der Waals surface area contributed by atoms with E-state index in [0.29, 0.717) is 6.42 Å². The Kier molecular flexibility index (Phi) is 2.68. The Morgan fingerprint density at radius 2 is 2.17 bits per heavy atom. The Hall–Kier alpha value is -0.220. The molecular weight excluding hydrogens is 166 g/mol. The van der Waals surface area contributed by atoms with Crippen LogP contribution in [0.2, 0.25) is 0 Å². The van der Waals surface area contributed by atoms with Crippen LogP contribution in [-0.2, 0) is 4.74 Å². The predicted octanol–water partition coefficient (Wildman–Crippen LogP) is 1.43. The summed E-state index contributed by atoms with van der Waals surface area (Å²) in [5.74, 6) is -3.89. The normalized spacial score (nSPS) is 41.2. The van der Waals surface area contributed by atoms with Crippen molar-refractivity contribution in [2.45, 2.75) is 38.4 Å². The summed E-state index contributed by atoms with van der Waals surface area (Å²) < 4.78 is 31.3. The molecule has 3 atom stereocenters. The minimum Gasteiger partial charge on any atom is -0.384 e. The summed E-state index contributed by atoms with van der Waals surface area (Å²) in [4.78, 5) is 0. The number of aliphatic hydroxyl groups is 1. The van der Waals surface area contributed by atoms with Crippen LogP contribution in [0.4, 0.5) is 8.78 Å². The van der Waals surface area contributed by atoms with Gasteiger partial charge >= 0.3 is 0 Å². The van der Waals surface area contributed by atoms with Crippen molar-refractivity contribution in [3.05, 3.63) is 0 Å². The number of hydrogen-bond acceptors (Lipinski definition) is 2. The van der Waals surface area contributed by atoms with E-state index in [4.69, 9.17) is 4.74 Å². The highest BCUT2D eigenvalue weighted by Crippen LogP contribution is 2.35. The molecule has 4 heteroatoms. The zero-order valence-corrected chi connectivity index (χ0v) is 7.26. The van der Waals surface area contributed by atoms with Crippen molar-refractivity contribution < 1.29 is 18.6 Å². The molecular formula is C8H14F2O2. The smallest absolute Gasteiger partial charge is 0.280 e. The summed E-state index contributed by atoms with van der Waals surface area (Å²) in [5.41, 5.74) is 0. The molecule has 1 aliphatic rings. The summed E-state index contributed by atoms with van der Waals surface area (Å²) in [5, 5.41) is 9.19. The molecule has 0 amide bonds. The lowest BCUT2D eigenvalue weighted by atomic mass is 9.91. The molecule has 0 radical (unpaired) electrons. The van der Waals surface area contributed by atoms with Crippen molar-refractivity contribution in [1.29, 1.82) is 0 Å². The number of hydrogen-bond donors (Lipinski definition) is 1. The maximum Gasteiger partial charge on any atom is 0.280 e. The van der Waals surface area contributed by atoms with Crippen LogP contribution in [0.1, 0.15) is 20.3 Å². The van der Waals surface area contributed by atoms with Crippen molar-refractivity contribution in [2.24, 2.45) is 5.92 Å². The van der Waals surface area contributed by atoms with Crippen LogP contribution in [0.5, 0.6) is 0 Å². The van der Waals surface area contributed by atoms with E-state index < -0.39 is 24.0 Å². The molecule has 2 nitrogen and oxygen atoms in total. The Bertz CT molecular complexity index is 161. The second-order valence-corrected chi connectivity index (χ2v) is 3.30. The third-order valence-corrected chi connectivity index (χ3v) is 2.37. The van der Waals surface area contributed by atoms with Crippen molar-refractivity contribution in [3.63, 3.8) is 0 Å². The number of rotatable bonds is 1. The van der Waals surface area contributed by atoms with E-state index in [0.717, 1.165) is 0 Å². The van der Waals surface area contributed by atoms with Gasteiger partial charge in [-0.2, -0.15) is 0 Å². The van der Waals surface area contributed by atoms with Gasteiger partial charge in [0.15, 0.2) is 0 Å². The molecule has 12 heavy (non-hydrogen) atoms. The van der Waals surface area contributed by atoms with Gasteiger partial charge in [-0.15, -0.1) is 0 Å². The SMILES string of the molecule is CC[C@H]1OC[C@@H](C)C(F)(F)C1O. The molecule has 0 aromatic rings. The van der Waals surface area contributed by atoms with Crippen LogP contribution in [-0.4, -0.2) is 29.8 Å². The molecule has 1 rings (SSSR count). The molecule has 0 aromatic carbocycles. The first kappa shape index (κ1) is 9.86. The third kappa shape index (κ3) is 1.45. The Morgan fingerprint density at radius 3 is 2.67 bits per heavy atom. The monoisotopic (exact) mass is 180 g/mol. The minimum absolute atomic E-state index is 0.0303. The maximum absolute atomic E-state index is 13.1. The second kappa shape index (κ2) is 3.26. The van der Waals surface area contributed by atoms with Gasteiger partial charge in [0.1, 0.15) is 6.10 Å². The number of alkyl halides is 2. The van der Waals surface area contributed by atoms with Crippen LogP contribution in [0.3, 0.4) is 0 Å². The first-order valence-electron chi connectivity index (χ1n) is 4.17. The highest BCUT2D eigenvalue weighted by molar-refractivity contribution is 4.90. The molecule has 72 valence electrons. The summed E-state index contributed by atoms with van der Waals surface area (Å²) in [6.45, 7) is 3.14. The van der Waals surface area contributed by atoms with Crippen molar-refractivity contribution >= 4 is 0 Å². The van der Waals surface area contributed by atoms with Gasteiger partial charge in [0.05, 0.1) is 12.7 Å². The van der Waals surface area contributed by atoms with Crippen LogP contribution >= 0.6 is 0 Å². The van der Waals surface area contributed by atoms with Gasteiger partial charge in [0.2, 0.25) is 0 Å². The molecule has 0 saturated carbocycles. The molecule has 1 heterocycles. The first-order valence-corrected chi connectivity index (χ1v) is 4.17. The summed E-state index contributed by atoms with van der Waals surface area (Å²) >= 11 is 0. The fourth-order valence-corrected chi connectivity index (χ4v) is 1.35. The highest BCUT2D eigenvalue weighted by Gasteiger charge is 2.51. The zero-order chi connectivity index (χ0) is 9.35. The van der Waals surface area contributed by atoms with Gasteiger partial charge in [-0.05, 0) is 6.42 Å². The first-order chi connectivity index (χ1) is 5.50. The second-order valence-electron chi connectivity index (χ2n) is 3.30. The topological polar surface area (TPSA) is 29.5 Å². The number of ether oxygens (including phenoxy) is 1. The number of aliphatic hydroxyl groups excluding tert-OH is 1. The minimum atomic E-state index is -3.00. The lowest BCUT2D eigenvalue weighted by Gasteiger charge is -2.38. The van der Waals surface area contributed by atoms with Crippen molar-refractivity contribution in [1.82, 2.24) is 0 Å².